The van der Waals surface area contributed by atoms with E-state index in [-0.39, 0.29) is 15.6 Å². The van der Waals surface area contributed by atoms with E-state index in [9.17, 15) is 10.1 Å². The lowest BCUT2D eigenvalue weighted by Gasteiger charge is -2.14. The van der Waals surface area contributed by atoms with Crippen LogP contribution < -0.4 is 16.0 Å². The van der Waals surface area contributed by atoms with Gasteiger partial charge in [-0.1, -0.05) is 41.4 Å². The Balaban J connectivity index is 2.02. The number of rotatable bonds is 6. The number of para-hydroxylation sites is 1. The molecule has 0 bridgehead atoms. The third-order valence-electron chi connectivity index (χ3n) is 4.13. The molecule has 0 spiro atoms. The number of carbonyl (C=O) groups is 1. The second kappa shape index (κ2) is 8.89. The molecule has 0 unspecified atom stereocenters. The summed E-state index contributed by atoms with van der Waals surface area (Å²) in [6.07, 6.45) is 1.49. The number of nitrogens with one attached hydrogen (secondary N) is 3. The second-order valence-electron chi connectivity index (χ2n) is 5.94. The van der Waals surface area contributed by atoms with Crippen molar-refractivity contribution in [1.82, 2.24) is 10.3 Å². The van der Waals surface area contributed by atoms with E-state index in [2.05, 4.69) is 27.0 Å². The van der Waals surface area contributed by atoms with Crippen LogP contribution in [-0.2, 0) is 0 Å². The zero-order valence-corrected chi connectivity index (χ0v) is 16.5. The highest BCUT2D eigenvalue weighted by atomic mass is 35.5. The van der Waals surface area contributed by atoms with Gasteiger partial charge in [-0.25, -0.2) is 0 Å². The van der Waals surface area contributed by atoms with Gasteiger partial charge in [0, 0.05) is 24.7 Å². The molecule has 1 heterocycles. The Labute approximate surface area is 172 Å². The van der Waals surface area contributed by atoms with Gasteiger partial charge in [-0.2, -0.15) is 5.26 Å². The van der Waals surface area contributed by atoms with Crippen LogP contribution in [0.1, 0.15) is 15.9 Å². The largest absolute Gasteiger partial charge is 0.382 e. The molecular weight excluding hydrogens is 397 g/mol. The van der Waals surface area contributed by atoms with Gasteiger partial charge in [0.2, 0.25) is 0 Å². The number of anilines is 2. The summed E-state index contributed by atoms with van der Waals surface area (Å²) >= 11 is 12.3. The molecule has 1 amide bonds. The molecule has 3 rings (SSSR count). The number of hydrogen-bond donors (Lipinski definition) is 3. The number of aromatic nitrogens is 1. The van der Waals surface area contributed by atoms with Gasteiger partial charge in [-0.15, -0.1) is 0 Å². The average molecular weight is 414 g/mol. The van der Waals surface area contributed by atoms with Crippen LogP contribution in [0.2, 0.25) is 10.0 Å². The number of amides is 1. The van der Waals surface area contributed by atoms with Gasteiger partial charge in [-0.05, 0) is 25.2 Å². The summed E-state index contributed by atoms with van der Waals surface area (Å²) in [4.78, 5) is 17.1. The minimum Gasteiger partial charge on any atom is -0.382 e. The number of halogens is 2. The van der Waals surface area contributed by atoms with Gasteiger partial charge in [0.1, 0.15) is 6.07 Å². The van der Waals surface area contributed by atoms with Crippen LogP contribution in [0.3, 0.4) is 0 Å². The molecule has 8 heteroatoms. The predicted octanol–water partition coefficient (Wildman–Crippen LogP) is 4.30. The maximum absolute atomic E-state index is 12.7. The van der Waals surface area contributed by atoms with Crippen molar-refractivity contribution in [3.05, 3.63) is 63.8 Å². The topological polar surface area (TPSA) is 89.8 Å². The van der Waals surface area contributed by atoms with E-state index in [4.69, 9.17) is 23.2 Å². The molecule has 142 valence electrons. The van der Waals surface area contributed by atoms with E-state index in [1.807, 2.05) is 13.1 Å². The zero-order valence-electron chi connectivity index (χ0n) is 15.0. The Kier molecular flexibility index (Phi) is 6.32. The summed E-state index contributed by atoms with van der Waals surface area (Å²) in [7, 11) is 1.85. The molecular formula is C20H17Cl2N5O. The summed E-state index contributed by atoms with van der Waals surface area (Å²) in [6.45, 7) is 1.37. The summed E-state index contributed by atoms with van der Waals surface area (Å²) in [5.74, 6) is -0.432. The van der Waals surface area contributed by atoms with Crippen molar-refractivity contribution in [2.45, 2.75) is 0 Å². The van der Waals surface area contributed by atoms with Gasteiger partial charge in [0.15, 0.2) is 0 Å². The van der Waals surface area contributed by atoms with Gasteiger partial charge >= 0.3 is 0 Å². The highest BCUT2D eigenvalue weighted by Gasteiger charge is 2.17. The summed E-state index contributed by atoms with van der Waals surface area (Å²) in [5, 5.41) is 19.8. The van der Waals surface area contributed by atoms with Gasteiger partial charge in [0.25, 0.3) is 5.91 Å². The Hall–Kier alpha value is -2.85. The molecule has 0 aliphatic heterocycles. The zero-order chi connectivity index (χ0) is 20.1. The van der Waals surface area contributed by atoms with E-state index in [1.54, 1.807) is 30.3 Å². The van der Waals surface area contributed by atoms with E-state index in [0.717, 1.165) is 11.9 Å². The fourth-order valence-electron chi connectivity index (χ4n) is 2.81. The number of fused-ring (bicyclic) bond motifs is 1. The first-order chi connectivity index (χ1) is 13.6. The van der Waals surface area contributed by atoms with Crippen LogP contribution in [0.25, 0.3) is 10.9 Å². The van der Waals surface area contributed by atoms with E-state index in [0.29, 0.717) is 29.0 Å². The third kappa shape index (κ3) is 4.02. The number of nitrogens with zero attached hydrogens (tertiary/aromatic N) is 2. The third-order valence-corrected chi connectivity index (χ3v) is 4.76. The second-order valence-corrected chi connectivity index (χ2v) is 6.76. The van der Waals surface area contributed by atoms with E-state index < -0.39 is 5.91 Å². The monoisotopic (exact) mass is 413 g/mol. The maximum Gasteiger partial charge on any atom is 0.258 e. The molecule has 0 radical (unpaired) electrons. The lowest BCUT2D eigenvalue weighted by atomic mass is 10.1. The van der Waals surface area contributed by atoms with Crippen LogP contribution in [0, 0.1) is 11.3 Å². The highest BCUT2D eigenvalue weighted by Crippen LogP contribution is 2.31. The molecule has 3 aromatic rings. The van der Waals surface area contributed by atoms with Crippen molar-refractivity contribution in [1.29, 1.82) is 5.26 Å². The van der Waals surface area contributed by atoms with Gasteiger partial charge < -0.3 is 16.0 Å². The van der Waals surface area contributed by atoms with Crippen molar-refractivity contribution < 1.29 is 4.79 Å². The fourth-order valence-corrected chi connectivity index (χ4v) is 3.38. The first kappa shape index (κ1) is 19.9. The number of likely N-dealkylation sites (N-methyl/N-ethyl adjacent to an activating group) is 1. The molecule has 28 heavy (non-hydrogen) atoms. The minimum absolute atomic E-state index is 0.198. The van der Waals surface area contributed by atoms with Crippen molar-refractivity contribution >= 4 is 51.4 Å². The lowest BCUT2D eigenvalue weighted by molar-refractivity contribution is 0.102. The van der Waals surface area contributed by atoms with E-state index in [1.165, 1.54) is 6.20 Å². The van der Waals surface area contributed by atoms with Gasteiger partial charge in [-0.3, -0.25) is 9.78 Å². The molecule has 0 aliphatic rings. The summed E-state index contributed by atoms with van der Waals surface area (Å²) in [6, 6.07) is 12.4. The number of benzene rings is 2. The Morgan fingerprint density at radius 3 is 2.54 bits per heavy atom. The highest BCUT2D eigenvalue weighted by molar-refractivity contribution is 6.40. The van der Waals surface area contributed by atoms with Crippen molar-refractivity contribution in [2.75, 3.05) is 30.8 Å². The van der Waals surface area contributed by atoms with Crippen LogP contribution in [0.4, 0.5) is 11.4 Å². The van der Waals surface area contributed by atoms with Crippen LogP contribution in [0.15, 0.2) is 42.6 Å². The number of pyridine rings is 1. The molecule has 1 aromatic heterocycles. The maximum atomic E-state index is 12.7. The Morgan fingerprint density at radius 1 is 1.14 bits per heavy atom. The molecule has 0 saturated heterocycles. The molecule has 0 saturated carbocycles. The van der Waals surface area contributed by atoms with Crippen molar-refractivity contribution in [3.8, 4) is 6.07 Å². The van der Waals surface area contributed by atoms with Crippen LogP contribution >= 0.6 is 23.2 Å². The lowest BCUT2D eigenvalue weighted by Crippen LogP contribution is -2.18. The molecule has 0 fully saturated rings. The molecule has 0 atom stereocenters. The first-order valence-corrected chi connectivity index (χ1v) is 9.28. The summed E-state index contributed by atoms with van der Waals surface area (Å²) in [5.41, 5.74) is 2.37. The number of carbonyl (C=O) groups excluding carboxylic acids is 1. The average Bonchev–Trinajstić information content (AvgIpc) is 2.68. The Morgan fingerprint density at radius 2 is 1.86 bits per heavy atom. The van der Waals surface area contributed by atoms with Crippen LogP contribution in [0.5, 0.6) is 0 Å². The quantitative estimate of drug-likeness (QED) is 0.524. The molecule has 0 aliphatic carbocycles. The summed E-state index contributed by atoms with van der Waals surface area (Å²) < 4.78 is 0. The van der Waals surface area contributed by atoms with E-state index >= 15 is 0 Å². The van der Waals surface area contributed by atoms with Crippen LogP contribution in [-0.4, -0.2) is 31.0 Å². The van der Waals surface area contributed by atoms with Crippen molar-refractivity contribution in [3.63, 3.8) is 0 Å². The van der Waals surface area contributed by atoms with Crippen molar-refractivity contribution in [2.24, 2.45) is 0 Å². The molecule has 6 nitrogen and oxygen atoms in total. The molecule has 2 aromatic carbocycles. The number of hydrogen-bond acceptors (Lipinski definition) is 5. The minimum atomic E-state index is -0.432. The predicted molar refractivity (Wildman–Crippen MR) is 113 cm³/mol. The smallest absolute Gasteiger partial charge is 0.258 e. The number of nitriles is 1. The fraction of sp³-hybridized carbons (Fsp3) is 0.150. The standard InChI is InChI=1S/C20H17Cl2N5O/c1-24-8-9-25-18-12(10-23)11-26-19-13(18)4-2-7-16(19)27-20(28)17-14(21)5-3-6-15(17)22/h2-7,11,24H,8-9H2,1H3,(H,25,26)(H,27,28). The van der Waals surface area contributed by atoms with Gasteiger partial charge in [0.05, 0.1) is 38.1 Å². The Bertz CT molecular complexity index is 1060. The first-order valence-electron chi connectivity index (χ1n) is 8.52. The normalized spacial score (nSPS) is 10.5. The SMILES string of the molecule is CNCCNc1c(C#N)cnc2c(NC(=O)c3c(Cl)cccc3Cl)cccc12. The molecule has 3 N–H and O–H groups in total.